The highest BCUT2D eigenvalue weighted by Crippen LogP contribution is 2.19. The van der Waals surface area contributed by atoms with E-state index in [-0.39, 0.29) is 6.09 Å². The van der Waals surface area contributed by atoms with Crippen LogP contribution in [0, 0.1) is 0 Å². The van der Waals surface area contributed by atoms with Gasteiger partial charge in [-0.2, -0.15) is 0 Å². The molecule has 0 aromatic heterocycles. The maximum atomic E-state index is 11.5. The number of anilines is 1. The Balaban J connectivity index is 1.53. The minimum atomic E-state index is -0.281. The highest BCUT2D eigenvalue weighted by Gasteiger charge is 2.23. The van der Waals surface area contributed by atoms with Gasteiger partial charge in [0.05, 0.1) is 13.1 Å². The molecule has 1 aliphatic carbocycles. The summed E-state index contributed by atoms with van der Waals surface area (Å²) in [6, 6.07) is 8.25. The predicted octanol–water partition coefficient (Wildman–Crippen LogP) is 2.38. The van der Waals surface area contributed by atoms with Gasteiger partial charge in [0.2, 0.25) is 0 Å². The van der Waals surface area contributed by atoms with E-state index in [9.17, 15) is 4.79 Å². The molecular weight excluding hydrogens is 292 g/mol. The van der Waals surface area contributed by atoms with Gasteiger partial charge in [0.1, 0.15) is 6.61 Å². The van der Waals surface area contributed by atoms with E-state index in [1.807, 2.05) is 24.3 Å². The van der Waals surface area contributed by atoms with E-state index in [0.717, 1.165) is 11.3 Å². The Morgan fingerprint density at radius 3 is 2.65 bits per heavy atom. The maximum Gasteiger partial charge on any atom is 0.414 e. The molecule has 1 heterocycles. The average Bonchev–Trinajstić information content (AvgIpc) is 3.00. The third-order valence-electron chi connectivity index (χ3n) is 4.40. The second kappa shape index (κ2) is 7.35. The first-order valence-electron chi connectivity index (χ1n) is 8.32. The Labute approximate surface area is 136 Å². The highest BCUT2D eigenvalue weighted by atomic mass is 16.6. The second-order valence-corrected chi connectivity index (χ2v) is 6.11. The molecule has 6 nitrogen and oxygen atoms in total. The molecule has 2 aliphatic rings. The third-order valence-corrected chi connectivity index (χ3v) is 4.40. The standard InChI is InChI=1S/C17H24N4O2/c18-16(20-14-4-2-1-3-5-14)19-12-13-6-8-15(9-7-13)21-10-11-23-17(21)22/h6-9,14H,1-5,10-12H2,(H3,18,19,20). The van der Waals surface area contributed by atoms with Gasteiger partial charge < -0.3 is 15.8 Å². The minimum absolute atomic E-state index is 0.281. The summed E-state index contributed by atoms with van der Waals surface area (Å²) < 4.78 is 4.94. The molecule has 1 saturated carbocycles. The molecule has 1 aromatic rings. The molecule has 0 atom stereocenters. The van der Waals surface area contributed by atoms with Crippen LogP contribution in [0.2, 0.25) is 0 Å². The summed E-state index contributed by atoms with van der Waals surface area (Å²) in [6.45, 7) is 1.60. The molecule has 6 heteroatoms. The second-order valence-electron chi connectivity index (χ2n) is 6.11. The van der Waals surface area contributed by atoms with Crippen LogP contribution in [0.3, 0.4) is 0 Å². The van der Waals surface area contributed by atoms with Crippen molar-refractivity contribution in [3.8, 4) is 0 Å². The third kappa shape index (κ3) is 4.15. The van der Waals surface area contributed by atoms with Crippen molar-refractivity contribution in [2.75, 3.05) is 18.1 Å². The summed E-state index contributed by atoms with van der Waals surface area (Å²) in [4.78, 5) is 17.6. The number of ether oxygens (including phenoxy) is 1. The zero-order chi connectivity index (χ0) is 16.1. The van der Waals surface area contributed by atoms with Gasteiger partial charge in [-0.15, -0.1) is 0 Å². The Hall–Kier alpha value is -2.24. The van der Waals surface area contributed by atoms with Crippen LogP contribution in [0.15, 0.2) is 29.3 Å². The number of hydrogen-bond donors (Lipinski definition) is 2. The van der Waals surface area contributed by atoms with E-state index >= 15 is 0 Å². The van der Waals surface area contributed by atoms with Gasteiger partial charge >= 0.3 is 6.09 Å². The number of aliphatic imine (C=N–C) groups is 1. The van der Waals surface area contributed by atoms with E-state index in [2.05, 4.69) is 10.3 Å². The van der Waals surface area contributed by atoms with E-state index in [1.165, 1.54) is 32.1 Å². The Morgan fingerprint density at radius 2 is 2.00 bits per heavy atom. The number of amides is 1. The van der Waals surface area contributed by atoms with Crippen LogP contribution in [0.1, 0.15) is 37.7 Å². The molecule has 3 N–H and O–H groups in total. The zero-order valence-electron chi connectivity index (χ0n) is 13.3. The smallest absolute Gasteiger partial charge is 0.414 e. The first-order valence-corrected chi connectivity index (χ1v) is 8.32. The lowest BCUT2D eigenvalue weighted by Crippen LogP contribution is -2.41. The van der Waals surface area contributed by atoms with Gasteiger partial charge in [-0.25, -0.2) is 9.79 Å². The minimum Gasteiger partial charge on any atom is -0.447 e. The quantitative estimate of drug-likeness (QED) is 0.660. The summed E-state index contributed by atoms with van der Waals surface area (Å²) in [5.74, 6) is 0.518. The van der Waals surface area contributed by atoms with Crippen molar-refractivity contribution >= 4 is 17.7 Å². The van der Waals surface area contributed by atoms with Gasteiger partial charge in [0, 0.05) is 11.7 Å². The number of nitrogens with one attached hydrogen (secondary N) is 1. The van der Waals surface area contributed by atoms with Crippen LogP contribution >= 0.6 is 0 Å². The van der Waals surface area contributed by atoms with Gasteiger partial charge in [-0.3, -0.25) is 4.90 Å². The number of rotatable bonds is 4. The van der Waals surface area contributed by atoms with Crippen LogP contribution in [0.25, 0.3) is 0 Å². The number of nitrogens with zero attached hydrogens (tertiary/aromatic N) is 2. The van der Waals surface area contributed by atoms with Gasteiger partial charge in [-0.1, -0.05) is 31.4 Å². The largest absolute Gasteiger partial charge is 0.447 e. The molecule has 0 unspecified atom stereocenters. The fourth-order valence-electron chi connectivity index (χ4n) is 3.09. The first-order chi connectivity index (χ1) is 11.2. The maximum absolute atomic E-state index is 11.5. The fraction of sp³-hybridized carbons (Fsp3) is 0.529. The molecule has 3 rings (SSSR count). The van der Waals surface area contributed by atoms with Crippen LogP contribution < -0.4 is 16.0 Å². The van der Waals surface area contributed by atoms with Gasteiger partial charge in [0.25, 0.3) is 0 Å². The van der Waals surface area contributed by atoms with Crippen molar-refractivity contribution in [1.82, 2.24) is 5.32 Å². The number of carbonyl (C=O) groups excluding carboxylic acids is 1. The Morgan fingerprint density at radius 1 is 1.26 bits per heavy atom. The lowest BCUT2D eigenvalue weighted by Gasteiger charge is -2.23. The van der Waals surface area contributed by atoms with Crippen LogP contribution in [0.5, 0.6) is 0 Å². The Kier molecular flexibility index (Phi) is 5.00. The number of cyclic esters (lactones) is 1. The number of hydrogen-bond acceptors (Lipinski definition) is 3. The fourth-order valence-corrected chi connectivity index (χ4v) is 3.09. The topological polar surface area (TPSA) is 79.9 Å². The van der Waals surface area contributed by atoms with Crippen molar-refractivity contribution in [3.63, 3.8) is 0 Å². The number of nitrogens with two attached hydrogens (primary N) is 1. The molecule has 1 aliphatic heterocycles. The summed E-state index contributed by atoms with van der Waals surface area (Å²) in [5.41, 5.74) is 7.89. The van der Waals surface area contributed by atoms with Crippen molar-refractivity contribution < 1.29 is 9.53 Å². The molecule has 1 amide bonds. The van der Waals surface area contributed by atoms with Crippen molar-refractivity contribution in [1.29, 1.82) is 0 Å². The lowest BCUT2D eigenvalue weighted by molar-refractivity contribution is 0.181. The van der Waals surface area contributed by atoms with Crippen LogP contribution in [0.4, 0.5) is 10.5 Å². The van der Waals surface area contributed by atoms with Crippen molar-refractivity contribution in [2.45, 2.75) is 44.7 Å². The van der Waals surface area contributed by atoms with E-state index in [4.69, 9.17) is 10.5 Å². The number of carbonyl (C=O) groups is 1. The molecule has 1 aromatic carbocycles. The van der Waals surface area contributed by atoms with Gasteiger partial charge in [0.15, 0.2) is 5.96 Å². The number of guanidine groups is 1. The number of benzene rings is 1. The molecular formula is C17H24N4O2. The van der Waals surface area contributed by atoms with Crippen molar-refractivity contribution in [3.05, 3.63) is 29.8 Å². The SMILES string of the molecule is NC(=NCc1ccc(N2CCOC2=O)cc1)NC1CCCCC1. The van der Waals surface area contributed by atoms with Crippen LogP contribution in [-0.2, 0) is 11.3 Å². The zero-order valence-corrected chi connectivity index (χ0v) is 13.3. The van der Waals surface area contributed by atoms with E-state index < -0.39 is 0 Å². The first kappa shape index (κ1) is 15.6. The highest BCUT2D eigenvalue weighted by molar-refractivity contribution is 5.89. The van der Waals surface area contributed by atoms with Gasteiger partial charge in [-0.05, 0) is 30.5 Å². The lowest BCUT2D eigenvalue weighted by atomic mass is 9.96. The monoisotopic (exact) mass is 316 g/mol. The molecule has 0 radical (unpaired) electrons. The van der Waals surface area contributed by atoms with Crippen molar-refractivity contribution in [2.24, 2.45) is 10.7 Å². The normalized spacial score (nSPS) is 19.7. The molecule has 23 heavy (non-hydrogen) atoms. The van der Waals surface area contributed by atoms with Crippen LogP contribution in [-0.4, -0.2) is 31.2 Å². The molecule has 2 fully saturated rings. The van der Waals surface area contributed by atoms with E-state index in [0.29, 0.717) is 31.7 Å². The summed E-state index contributed by atoms with van der Waals surface area (Å²) in [6.07, 6.45) is 5.94. The Bertz CT molecular complexity index is 564. The summed E-state index contributed by atoms with van der Waals surface area (Å²) >= 11 is 0. The molecule has 1 saturated heterocycles. The average molecular weight is 316 g/mol. The molecule has 0 spiro atoms. The predicted molar refractivity (Wildman–Crippen MR) is 90.5 cm³/mol. The summed E-state index contributed by atoms with van der Waals surface area (Å²) in [7, 11) is 0. The molecule has 124 valence electrons. The van der Waals surface area contributed by atoms with E-state index in [1.54, 1.807) is 4.90 Å². The summed E-state index contributed by atoms with van der Waals surface area (Å²) in [5, 5.41) is 3.31. The molecule has 0 bridgehead atoms.